The fourth-order valence-electron chi connectivity index (χ4n) is 3.97. The fourth-order valence-corrected chi connectivity index (χ4v) is 4.85. The predicted molar refractivity (Wildman–Crippen MR) is 85.2 cm³/mol. The maximum Gasteiger partial charge on any atom is 0.0586 e. The van der Waals surface area contributed by atoms with Crippen LogP contribution >= 0.6 is 11.3 Å². The van der Waals surface area contributed by atoms with Crippen LogP contribution in [-0.2, 0) is 4.74 Å². The summed E-state index contributed by atoms with van der Waals surface area (Å²) in [5.41, 5.74) is 0. The van der Waals surface area contributed by atoms with Gasteiger partial charge in [0.05, 0.1) is 6.10 Å². The highest BCUT2D eigenvalue weighted by Gasteiger charge is 2.30. The van der Waals surface area contributed by atoms with Crippen molar-refractivity contribution >= 4 is 11.3 Å². The molecule has 2 aliphatic rings. The number of hydrogen-bond donors (Lipinski definition) is 1. The molecule has 20 heavy (non-hydrogen) atoms. The van der Waals surface area contributed by atoms with Gasteiger partial charge >= 0.3 is 0 Å². The van der Waals surface area contributed by atoms with Crippen LogP contribution in [0.5, 0.6) is 0 Å². The molecule has 0 bridgehead atoms. The molecule has 3 unspecified atom stereocenters. The standard InChI is InChI=1S/C17H27NOS/c1-19-15-9-4-8-14(12-15)18-17(13-6-2-3-7-13)16-10-5-11-20-16/h5,10-11,13-15,17-18H,2-4,6-9,12H2,1H3. The molecule has 3 atom stereocenters. The smallest absolute Gasteiger partial charge is 0.0586 e. The molecule has 2 saturated carbocycles. The molecule has 0 radical (unpaired) electrons. The van der Waals surface area contributed by atoms with Crippen LogP contribution in [0.15, 0.2) is 17.5 Å². The second-order valence-electron chi connectivity index (χ2n) is 6.43. The van der Waals surface area contributed by atoms with Crippen LogP contribution in [0.2, 0.25) is 0 Å². The maximum absolute atomic E-state index is 5.58. The lowest BCUT2D eigenvalue weighted by Crippen LogP contribution is -2.40. The SMILES string of the molecule is COC1CCCC(NC(c2cccs2)C2CCCC2)C1. The fraction of sp³-hybridized carbons (Fsp3) is 0.765. The summed E-state index contributed by atoms with van der Waals surface area (Å²) in [6.07, 6.45) is 11.1. The first-order valence-corrected chi connectivity index (χ1v) is 9.07. The Morgan fingerprint density at radius 1 is 1.20 bits per heavy atom. The van der Waals surface area contributed by atoms with Crippen LogP contribution in [0.1, 0.15) is 62.3 Å². The summed E-state index contributed by atoms with van der Waals surface area (Å²) < 4.78 is 5.58. The van der Waals surface area contributed by atoms with Crippen LogP contribution < -0.4 is 5.32 Å². The van der Waals surface area contributed by atoms with Crippen molar-refractivity contribution in [2.45, 2.75) is 69.6 Å². The van der Waals surface area contributed by atoms with E-state index in [1.54, 1.807) is 0 Å². The highest BCUT2D eigenvalue weighted by Crippen LogP contribution is 2.38. The molecule has 3 heteroatoms. The molecule has 0 aromatic carbocycles. The third-order valence-corrected chi connectivity index (χ3v) is 6.05. The molecule has 1 aromatic heterocycles. The first-order chi connectivity index (χ1) is 9.86. The van der Waals surface area contributed by atoms with Crippen LogP contribution in [0, 0.1) is 5.92 Å². The number of thiophene rings is 1. The molecule has 112 valence electrons. The van der Waals surface area contributed by atoms with Gasteiger partial charge in [-0.15, -0.1) is 11.3 Å². The van der Waals surface area contributed by atoms with E-state index in [2.05, 4.69) is 22.8 Å². The van der Waals surface area contributed by atoms with Gasteiger partial charge in [0, 0.05) is 24.1 Å². The van der Waals surface area contributed by atoms with Gasteiger partial charge in [0.25, 0.3) is 0 Å². The zero-order chi connectivity index (χ0) is 13.8. The number of ether oxygens (including phenoxy) is 1. The lowest BCUT2D eigenvalue weighted by Gasteiger charge is -2.34. The Hall–Kier alpha value is -0.380. The van der Waals surface area contributed by atoms with E-state index in [1.165, 1.54) is 56.2 Å². The van der Waals surface area contributed by atoms with Gasteiger partial charge in [0.2, 0.25) is 0 Å². The summed E-state index contributed by atoms with van der Waals surface area (Å²) in [6.45, 7) is 0. The van der Waals surface area contributed by atoms with Crippen molar-refractivity contribution in [2.24, 2.45) is 5.92 Å². The van der Waals surface area contributed by atoms with Crippen LogP contribution in [-0.4, -0.2) is 19.3 Å². The number of nitrogens with one attached hydrogen (secondary N) is 1. The van der Waals surface area contributed by atoms with Crippen molar-refractivity contribution in [3.8, 4) is 0 Å². The van der Waals surface area contributed by atoms with Gasteiger partial charge < -0.3 is 10.1 Å². The van der Waals surface area contributed by atoms with Gasteiger partial charge in [-0.3, -0.25) is 0 Å². The first-order valence-electron chi connectivity index (χ1n) is 8.19. The summed E-state index contributed by atoms with van der Waals surface area (Å²) in [4.78, 5) is 1.54. The van der Waals surface area contributed by atoms with E-state index < -0.39 is 0 Å². The quantitative estimate of drug-likeness (QED) is 0.861. The van der Waals surface area contributed by atoms with Crippen LogP contribution in [0.4, 0.5) is 0 Å². The van der Waals surface area contributed by atoms with Gasteiger partial charge in [-0.2, -0.15) is 0 Å². The summed E-state index contributed by atoms with van der Waals surface area (Å²) in [6, 6.07) is 5.74. The summed E-state index contributed by atoms with van der Waals surface area (Å²) in [7, 11) is 1.86. The second kappa shape index (κ2) is 7.06. The van der Waals surface area contributed by atoms with Crippen molar-refractivity contribution in [2.75, 3.05) is 7.11 Å². The Labute approximate surface area is 126 Å². The highest BCUT2D eigenvalue weighted by molar-refractivity contribution is 7.10. The van der Waals surface area contributed by atoms with E-state index in [1.807, 2.05) is 18.4 Å². The summed E-state index contributed by atoms with van der Waals surface area (Å²) >= 11 is 1.92. The third kappa shape index (κ3) is 3.44. The zero-order valence-electron chi connectivity index (χ0n) is 12.5. The molecule has 1 N–H and O–H groups in total. The monoisotopic (exact) mass is 293 g/mol. The summed E-state index contributed by atoms with van der Waals surface area (Å²) in [5, 5.41) is 6.22. The number of methoxy groups -OCH3 is 1. The lowest BCUT2D eigenvalue weighted by atomic mass is 9.89. The van der Waals surface area contributed by atoms with Crippen molar-refractivity contribution in [3.05, 3.63) is 22.4 Å². The minimum Gasteiger partial charge on any atom is -0.381 e. The molecule has 2 nitrogen and oxygen atoms in total. The highest BCUT2D eigenvalue weighted by atomic mass is 32.1. The third-order valence-electron chi connectivity index (χ3n) is 5.10. The number of hydrogen-bond acceptors (Lipinski definition) is 3. The molecule has 2 fully saturated rings. The van der Waals surface area contributed by atoms with E-state index in [9.17, 15) is 0 Å². The van der Waals surface area contributed by atoms with E-state index in [0.717, 1.165) is 5.92 Å². The average Bonchev–Trinajstić information content (AvgIpc) is 3.18. The normalized spacial score (nSPS) is 29.6. The van der Waals surface area contributed by atoms with Crippen molar-refractivity contribution < 1.29 is 4.74 Å². The number of rotatable bonds is 5. The van der Waals surface area contributed by atoms with Gasteiger partial charge in [0.1, 0.15) is 0 Å². The Morgan fingerprint density at radius 2 is 2.05 bits per heavy atom. The molecule has 1 aromatic rings. The lowest BCUT2D eigenvalue weighted by molar-refractivity contribution is 0.0553. The maximum atomic E-state index is 5.58. The Kier molecular flexibility index (Phi) is 5.14. The van der Waals surface area contributed by atoms with Crippen LogP contribution in [0.3, 0.4) is 0 Å². The van der Waals surface area contributed by atoms with E-state index in [4.69, 9.17) is 4.74 Å². The molecule has 0 aliphatic heterocycles. The van der Waals surface area contributed by atoms with Crippen molar-refractivity contribution in [1.29, 1.82) is 0 Å². The van der Waals surface area contributed by atoms with Gasteiger partial charge in [-0.05, 0) is 55.9 Å². The predicted octanol–water partition coefficient (Wildman–Crippen LogP) is 4.53. The van der Waals surface area contributed by atoms with Gasteiger partial charge in [-0.25, -0.2) is 0 Å². The molecule has 3 rings (SSSR count). The Bertz CT molecular complexity index is 386. The van der Waals surface area contributed by atoms with E-state index >= 15 is 0 Å². The average molecular weight is 293 g/mol. The zero-order valence-corrected chi connectivity index (χ0v) is 13.3. The molecule has 2 aliphatic carbocycles. The van der Waals surface area contributed by atoms with Crippen LogP contribution in [0.25, 0.3) is 0 Å². The minimum atomic E-state index is 0.466. The summed E-state index contributed by atoms with van der Waals surface area (Å²) in [5.74, 6) is 0.844. The molecular formula is C17H27NOS. The van der Waals surface area contributed by atoms with Crippen molar-refractivity contribution in [3.63, 3.8) is 0 Å². The topological polar surface area (TPSA) is 21.3 Å². The molecule has 0 saturated heterocycles. The van der Waals surface area contributed by atoms with Gasteiger partial charge in [0.15, 0.2) is 0 Å². The molecule has 0 amide bonds. The molecular weight excluding hydrogens is 266 g/mol. The largest absolute Gasteiger partial charge is 0.381 e. The minimum absolute atomic E-state index is 0.466. The Morgan fingerprint density at radius 3 is 2.75 bits per heavy atom. The molecule has 0 spiro atoms. The second-order valence-corrected chi connectivity index (χ2v) is 7.40. The Balaban J connectivity index is 1.66. The van der Waals surface area contributed by atoms with E-state index in [0.29, 0.717) is 18.2 Å². The van der Waals surface area contributed by atoms with Gasteiger partial charge in [-0.1, -0.05) is 18.9 Å². The van der Waals surface area contributed by atoms with Crippen molar-refractivity contribution in [1.82, 2.24) is 5.32 Å². The van der Waals surface area contributed by atoms with E-state index in [-0.39, 0.29) is 0 Å². The first kappa shape index (κ1) is 14.6. The molecule has 1 heterocycles.